The highest BCUT2D eigenvalue weighted by Gasteiger charge is 2.35. The van der Waals surface area contributed by atoms with E-state index < -0.39 is 0 Å². The van der Waals surface area contributed by atoms with Crippen LogP contribution in [0.15, 0.2) is 24.4 Å². The summed E-state index contributed by atoms with van der Waals surface area (Å²) in [6, 6.07) is 6.13. The maximum absolute atomic E-state index is 5.68. The SMILES string of the molecule is NCCC1(c2ccccn2)CCNC1. The fourth-order valence-corrected chi connectivity index (χ4v) is 2.26. The van der Waals surface area contributed by atoms with Crippen molar-refractivity contribution in [1.82, 2.24) is 10.3 Å². The third-order valence-corrected chi connectivity index (χ3v) is 3.07. The van der Waals surface area contributed by atoms with Crippen molar-refractivity contribution in [3.8, 4) is 0 Å². The zero-order valence-electron chi connectivity index (χ0n) is 8.37. The molecule has 1 aromatic heterocycles. The molecule has 1 aromatic rings. The number of hydrogen-bond acceptors (Lipinski definition) is 3. The molecule has 1 saturated heterocycles. The highest BCUT2D eigenvalue weighted by Crippen LogP contribution is 2.32. The molecule has 0 bridgehead atoms. The van der Waals surface area contributed by atoms with Crippen LogP contribution in [0.5, 0.6) is 0 Å². The van der Waals surface area contributed by atoms with Crippen LogP contribution < -0.4 is 11.1 Å². The van der Waals surface area contributed by atoms with Crippen LogP contribution in [0.2, 0.25) is 0 Å². The summed E-state index contributed by atoms with van der Waals surface area (Å²) in [5.41, 5.74) is 7.06. The van der Waals surface area contributed by atoms with E-state index in [9.17, 15) is 0 Å². The van der Waals surface area contributed by atoms with Crippen molar-refractivity contribution in [2.24, 2.45) is 5.73 Å². The lowest BCUT2D eigenvalue weighted by molar-refractivity contribution is 0.427. The van der Waals surface area contributed by atoms with Gasteiger partial charge in [-0.1, -0.05) is 6.07 Å². The summed E-state index contributed by atoms with van der Waals surface area (Å²) in [4.78, 5) is 4.46. The Morgan fingerprint density at radius 3 is 3.00 bits per heavy atom. The molecule has 3 N–H and O–H groups in total. The van der Waals surface area contributed by atoms with Gasteiger partial charge >= 0.3 is 0 Å². The normalized spacial score (nSPS) is 26.6. The summed E-state index contributed by atoms with van der Waals surface area (Å²) >= 11 is 0. The van der Waals surface area contributed by atoms with Crippen LogP contribution in [0.1, 0.15) is 18.5 Å². The molecule has 0 aliphatic carbocycles. The second kappa shape index (κ2) is 4.07. The van der Waals surface area contributed by atoms with Crippen LogP contribution in [0.25, 0.3) is 0 Å². The number of nitrogens with zero attached hydrogens (tertiary/aromatic N) is 1. The third kappa shape index (κ3) is 1.65. The molecule has 1 atom stereocenters. The van der Waals surface area contributed by atoms with E-state index in [0.29, 0.717) is 0 Å². The van der Waals surface area contributed by atoms with E-state index >= 15 is 0 Å². The number of nitrogens with two attached hydrogens (primary N) is 1. The standard InChI is InChI=1S/C11H17N3/c12-6-4-11(5-8-13-9-11)10-3-1-2-7-14-10/h1-3,7,13H,4-6,8-9,12H2. The van der Waals surface area contributed by atoms with Gasteiger partial charge in [0.05, 0.1) is 0 Å². The van der Waals surface area contributed by atoms with Gasteiger partial charge < -0.3 is 11.1 Å². The first-order valence-corrected chi connectivity index (χ1v) is 5.20. The summed E-state index contributed by atoms with van der Waals surface area (Å²) in [5, 5.41) is 3.40. The number of hydrogen-bond donors (Lipinski definition) is 2. The molecule has 0 saturated carbocycles. The Bertz CT molecular complexity index is 278. The van der Waals surface area contributed by atoms with E-state index in [1.165, 1.54) is 5.69 Å². The highest BCUT2D eigenvalue weighted by atomic mass is 14.9. The lowest BCUT2D eigenvalue weighted by atomic mass is 9.80. The molecule has 0 radical (unpaired) electrons. The van der Waals surface area contributed by atoms with Gasteiger partial charge in [-0.05, 0) is 38.1 Å². The Morgan fingerprint density at radius 2 is 2.43 bits per heavy atom. The van der Waals surface area contributed by atoms with Gasteiger partial charge in [-0.15, -0.1) is 0 Å². The van der Waals surface area contributed by atoms with Crippen LogP contribution in [0.3, 0.4) is 0 Å². The van der Waals surface area contributed by atoms with Crippen molar-refractivity contribution in [2.45, 2.75) is 18.3 Å². The molecular formula is C11H17N3. The summed E-state index contributed by atoms with van der Waals surface area (Å²) in [5.74, 6) is 0. The Hall–Kier alpha value is -0.930. The fraction of sp³-hybridized carbons (Fsp3) is 0.545. The van der Waals surface area contributed by atoms with Gasteiger partial charge in [0.15, 0.2) is 0 Å². The monoisotopic (exact) mass is 191 g/mol. The quantitative estimate of drug-likeness (QED) is 0.738. The van der Waals surface area contributed by atoms with Crippen LogP contribution in [0.4, 0.5) is 0 Å². The van der Waals surface area contributed by atoms with Gasteiger partial charge in [0, 0.05) is 23.9 Å². The van der Waals surface area contributed by atoms with Crippen molar-refractivity contribution in [2.75, 3.05) is 19.6 Å². The average molecular weight is 191 g/mol. The smallest absolute Gasteiger partial charge is 0.0479 e. The maximum Gasteiger partial charge on any atom is 0.0479 e. The Kier molecular flexibility index (Phi) is 2.79. The van der Waals surface area contributed by atoms with Gasteiger partial charge in [0.1, 0.15) is 0 Å². The molecule has 2 rings (SSSR count). The summed E-state index contributed by atoms with van der Waals surface area (Å²) in [6.07, 6.45) is 4.05. The van der Waals surface area contributed by atoms with Crippen LogP contribution in [-0.4, -0.2) is 24.6 Å². The number of rotatable bonds is 3. The van der Waals surface area contributed by atoms with E-state index in [4.69, 9.17) is 5.73 Å². The first kappa shape index (κ1) is 9.62. The molecule has 0 amide bonds. The predicted molar refractivity (Wildman–Crippen MR) is 57.1 cm³/mol. The second-order valence-electron chi connectivity index (χ2n) is 3.96. The molecule has 2 heterocycles. The topological polar surface area (TPSA) is 50.9 Å². The van der Waals surface area contributed by atoms with Gasteiger partial charge in [-0.25, -0.2) is 0 Å². The highest BCUT2D eigenvalue weighted by molar-refractivity contribution is 5.20. The largest absolute Gasteiger partial charge is 0.330 e. The Balaban J connectivity index is 2.27. The first-order chi connectivity index (χ1) is 6.87. The first-order valence-electron chi connectivity index (χ1n) is 5.20. The van der Waals surface area contributed by atoms with E-state index in [1.54, 1.807) is 0 Å². The average Bonchev–Trinajstić information content (AvgIpc) is 2.70. The summed E-state index contributed by atoms with van der Waals surface area (Å²) < 4.78 is 0. The molecule has 1 aliphatic heterocycles. The van der Waals surface area contributed by atoms with E-state index in [1.807, 2.05) is 12.3 Å². The molecule has 1 fully saturated rings. The lowest BCUT2D eigenvalue weighted by Gasteiger charge is -2.26. The molecule has 3 heteroatoms. The van der Waals surface area contributed by atoms with Crippen molar-refractivity contribution < 1.29 is 0 Å². The summed E-state index contributed by atoms with van der Waals surface area (Å²) in [6.45, 7) is 2.83. The molecule has 14 heavy (non-hydrogen) atoms. The predicted octanol–water partition coefficient (Wildman–Crippen LogP) is 0.661. The number of nitrogens with one attached hydrogen (secondary N) is 1. The van der Waals surface area contributed by atoms with Crippen LogP contribution in [-0.2, 0) is 5.41 Å². The zero-order chi connectivity index (χ0) is 9.86. The van der Waals surface area contributed by atoms with E-state index in [0.717, 1.165) is 32.5 Å². The van der Waals surface area contributed by atoms with Crippen molar-refractivity contribution in [3.63, 3.8) is 0 Å². The van der Waals surface area contributed by atoms with Gasteiger partial charge in [0.25, 0.3) is 0 Å². The third-order valence-electron chi connectivity index (χ3n) is 3.07. The van der Waals surface area contributed by atoms with Crippen LogP contribution >= 0.6 is 0 Å². The minimum atomic E-state index is 0.190. The molecule has 1 aliphatic rings. The van der Waals surface area contributed by atoms with Gasteiger partial charge in [-0.2, -0.15) is 0 Å². The lowest BCUT2D eigenvalue weighted by Crippen LogP contribution is -2.32. The molecular weight excluding hydrogens is 174 g/mol. The molecule has 0 spiro atoms. The number of pyridine rings is 1. The molecule has 3 nitrogen and oxygen atoms in total. The fourth-order valence-electron chi connectivity index (χ4n) is 2.26. The van der Waals surface area contributed by atoms with Crippen molar-refractivity contribution in [1.29, 1.82) is 0 Å². The molecule has 1 unspecified atom stereocenters. The van der Waals surface area contributed by atoms with Gasteiger partial charge in [-0.3, -0.25) is 4.98 Å². The minimum Gasteiger partial charge on any atom is -0.330 e. The molecule has 76 valence electrons. The van der Waals surface area contributed by atoms with Crippen molar-refractivity contribution in [3.05, 3.63) is 30.1 Å². The zero-order valence-corrected chi connectivity index (χ0v) is 8.37. The molecule has 0 aromatic carbocycles. The minimum absolute atomic E-state index is 0.190. The van der Waals surface area contributed by atoms with Gasteiger partial charge in [0.2, 0.25) is 0 Å². The number of aromatic nitrogens is 1. The van der Waals surface area contributed by atoms with E-state index in [-0.39, 0.29) is 5.41 Å². The van der Waals surface area contributed by atoms with E-state index in [2.05, 4.69) is 22.4 Å². The van der Waals surface area contributed by atoms with Crippen LogP contribution in [0, 0.1) is 0 Å². The summed E-state index contributed by atoms with van der Waals surface area (Å²) in [7, 11) is 0. The maximum atomic E-state index is 5.68. The van der Waals surface area contributed by atoms with Crippen molar-refractivity contribution >= 4 is 0 Å². The Morgan fingerprint density at radius 1 is 1.50 bits per heavy atom. The second-order valence-corrected chi connectivity index (χ2v) is 3.96. The Labute approximate surface area is 84.7 Å².